The number of aromatic nitrogens is 2. The summed E-state index contributed by atoms with van der Waals surface area (Å²) in [5, 5.41) is 0.655. The van der Waals surface area contributed by atoms with Gasteiger partial charge in [0.15, 0.2) is 5.16 Å². The number of halogens is 1. The van der Waals surface area contributed by atoms with Crippen molar-refractivity contribution in [2.45, 2.75) is 18.1 Å². The van der Waals surface area contributed by atoms with Crippen molar-refractivity contribution >= 4 is 23.6 Å². The van der Waals surface area contributed by atoms with Crippen molar-refractivity contribution in [1.29, 1.82) is 0 Å². The van der Waals surface area contributed by atoms with Gasteiger partial charge in [-0.25, -0.2) is 9.37 Å². The lowest BCUT2D eigenvalue weighted by Gasteiger charge is -2.26. The molecule has 0 spiro atoms. The maximum Gasteiger partial charge on any atom is 0.244 e. The van der Waals surface area contributed by atoms with Crippen molar-refractivity contribution in [3.05, 3.63) is 77.9 Å². The number of hydrogen-bond acceptors (Lipinski definition) is 4. The number of imidazole rings is 1. The van der Waals surface area contributed by atoms with E-state index in [2.05, 4.69) is 4.98 Å². The molecule has 0 saturated carbocycles. The Labute approximate surface area is 172 Å². The van der Waals surface area contributed by atoms with Gasteiger partial charge in [0.25, 0.3) is 0 Å². The first kappa shape index (κ1) is 20.6. The molecular formula is C21H21FN4O2S. The van der Waals surface area contributed by atoms with Crippen LogP contribution in [-0.2, 0) is 9.59 Å². The average molecular weight is 412 g/mol. The fourth-order valence-electron chi connectivity index (χ4n) is 3.04. The van der Waals surface area contributed by atoms with Crippen LogP contribution in [0.2, 0.25) is 0 Å². The van der Waals surface area contributed by atoms with Crippen LogP contribution in [0.25, 0.3) is 5.69 Å². The van der Waals surface area contributed by atoms with Crippen molar-refractivity contribution in [3.63, 3.8) is 0 Å². The van der Waals surface area contributed by atoms with Crippen LogP contribution in [0.4, 0.5) is 4.39 Å². The number of amides is 2. The van der Waals surface area contributed by atoms with Crippen LogP contribution < -0.4 is 5.73 Å². The van der Waals surface area contributed by atoms with Crippen molar-refractivity contribution in [3.8, 4) is 5.69 Å². The van der Waals surface area contributed by atoms with Crippen molar-refractivity contribution < 1.29 is 14.0 Å². The van der Waals surface area contributed by atoms with Crippen LogP contribution in [-0.4, -0.2) is 39.1 Å². The SMILES string of the molecule is Cc1ccccc1-n1ccnc1SCC(=O)N(C)C(C(N)=O)c1cccc(F)c1. The fourth-order valence-corrected chi connectivity index (χ4v) is 3.93. The number of likely N-dealkylation sites (N-methyl/N-ethyl adjacent to an activating group) is 1. The second-order valence-corrected chi connectivity index (χ2v) is 7.46. The first-order valence-electron chi connectivity index (χ1n) is 8.91. The molecule has 2 aromatic carbocycles. The minimum atomic E-state index is -1.05. The number of rotatable bonds is 7. The van der Waals surface area contributed by atoms with Gasteiger partial charge in [-0.1, -0.05) is 42.1 Å². The summed E-state index contributed by atoms with van der Waals surface area (Å²) in [5.41, 5.74) is 7.87. The average Bonchev–Trinajstić information content (AvgIpc) is 3.14. The van der Waals surface area contributed by atoms with E-state index in [4.69, 9.17) is 5.73 Å². The molecule has 1 heterocycles. The van der Waals surface area contributed by atoms with Gasteiger partial charge in [0.1, 0.15) is 11.9 Å². The zero-order valence-corrected chi connectivity index (χ0v) is 16.9. The number of para-hydroxylation sites is 1. The van der Waals surface area contributed by atoms with E-state index >= 15 is 0 Å². The van der Waals surface area contributed by atoms with Gasteiger partial charge in [0.2, 0.25) is 11.8 Å². The van der Waals surface area contributed by atoms with Crippen LogP contribution in [0.15, 0.2) is 66.1 Å². The Morgan fingerprint density at radius 1 is 1.24 bits per heavy atom. The first-order chi connectivity index (χ1) is 13.9. The van der Waals surface area contributed by atoms with Gasteiger partial charge in [-0.15, -0.1) is 0 Å². The molecule has 1 atom stereocenters. The van der Waals surface area contributed by atoms with E-state index in [1.165, 1.54) is 41.9 Å². The Hall–Kier alpha value is -3.13. The number of nitrogens with zero attached hydrogens (tertiary/aromatic N) is 3. The Bertz CT molecular complexity index is 1040. The topological polar surface area (TPSA) is 81.2 Å². The van der Waals surface area contributed by atoms with E-state index < -0.39 is 17.8 Å². The van der Waals surface area contributed by atoms with Gasteiger partial charge in [0, 0.05) is 19.4 Å². The summed E-state index contributed by atoms with van der Waals surface area (Å²) in [6.07, 6.45) is 3.50. The lowest BCUT2D eigenvalue weighted by Crippen LogP contribution is -2.40. The molecule has 2 N–H and O–H groups in total. The lowest BCUT2D eigenvalue weighted by molar-refractivity contribution is -0.136. The summed E-state index contributed by atoms with van der Waals surface area (Å²) in [6, 6.07) is 12.3. The normalized spacial score (nSPS) is 11.8. The quantitative estimate of drug-likeness (QED) is 0.605. The molecule has 3 rings (SSSR count). The molecule has 0 aliphatic carbocycles. The number of carbonyl (C=O) groups is 2. The Morgan fingerprint density at radius 3 is 2.69 bits per heavy atom. The molecule has 29 heavy (non-hydrogen) atoms. The maximum absolute atomic E-state index is 13.6. The third kappa shape index (κ3) is 4.65. The minimum absolute atomic E-state index is 0.0541. The smallest absolute Gasteiger partial charge is 0.244 e. The van der Waals surface area contributed by atoms with Gasteiger partial charge >= 0.3 is 0 Å². The van der Waals surface area contributed by atoms with E-state index in [0.717, 1.165) is 11.3 Å². The minimum Gasteiger partial charge on any atom is -0.368 e. The van der Waals surface area contributed by atoms with Crippen LogP contribution >= 0.6 is 11.8 Å². The summed E-state index contributed by atoms with van der Waals surface area (Å²) in [6.45, 7) is 2.00. The number of primary amides is 1. The molecular weight excluding hydrogens is 391 g/mol. The fraction of sp³-hybridized carbons (Fsp3) is 0.190. The van der Waals surface area contributed by atoms with Crippen LogP contribution in [0, 0.1) is 12.7 Å². The second kappa shape index (κ2) is 8.91. The highest BCUT2D eigenvalue weighted by Gasteiger charge is 2.27. The van der Waals surface area contributed by atoms with Gasteiger partial charge in [-0.2, -0.15) is 0 Å². The number of benzene rings is 2. The molecule has 0 bridgehead atoms. The van der Waals surface area contributed by atoms with Crippen molar-refractivity contribution in [2.75, 3.05) is 12.8 Å². The molecule has 1 unspecified atom stereocenters. The van der Waals surface area contributed by atoms with Gasteiger partial charge in [0.05, 0.1) is 11.4 Å². The highest BCUT2D eigenvalue weighted by atomic mass is 32.2. The van der Waals surface area contributed by atoms with Crippen molar-refractivity contribution in [2.24, 2.45) is 5.73 Å². The van der Waals surface area contributed by atoms with E-state index in [-0.39, 0.29) is 11.7 Å². The first-order valence-corrected chi connectivity index (χ1v) is 9.89. The van der Waals surface area contributed by atoms with Crippen molar-refractivity contribution in [1.82, 2.24) is 14.5 Å². The number of thioether (sulfide) groups is 1. The zero-order chi connectivity index (χ0) is 21.0. The third-order valence-electron chi connectivity index (χ3n) is 4.52. The van der Waals surface area contributed by atoms with Gasteiger partial charge in [-0.3, -0.25) is 14.2 Å². The predicted octanol–water partition coefficient (Wildman–Crippen LogP) is 3.10. The van der Waals surface area contributed by atoms with Gasteiger partial charge in [-0.05, 0) is 36.2 Å². The summed E-state index contributed by atoms with van der Waals surface area (Å²) < 4.78 is 15.5. The molecule has 8 heteroatoms. The highest BCUT2D eigenvalue weighted by molar-refractivity contribution is 7.99. The molecule has 0 aliphatic heterocycles. The third-order valence-corrected chi connectivity index (χ3v) is 5.47. The molecule has 0 aliphatic rings. The lowest BCUT2D eigenvalue weighted by atomic mass is 10.0. The Balaban J connectivity index is 1.75. The van der Waals surface area contributed by atoms with Crippen LogP contribution in [0.1, 0.15) is 17.2 Å². The number of aryl methyl sites for hydroxylation is 1. The zero-order valence-electron chi connectivity index (χ0n) is 16.1. The summed E-state index contributed by atoms with van der Waals surface area (Å²) in [7, 11) is 1.48. The van der Waals surface area contributed by atoms with E-state index in [0.29, 0.717) is 10.7 Å². The molecule has 0 fully saturated rings. The molecule has 1 aromatic heterocycles. The Kier molecular flexibility index (Phi) is 6.33. The Morgan fingerprint density at radius 2 is 2.00 bits per heavy atom. The number of hydrogen-bond donors (Lipinski definition) is 1. The molecule has 6 nitrogen and oxygen atoms in total. The summed E-state index contributed by atoms with van der Waals surface area (Å²) in [5.74, 6) is -1.48. The molecule has 150 valence electrons. The highest BCUT2D eigenvalue weighted by Crippen LogP contribution is 2.25. The largest absolute Gasteiger partial charge is 0.368 e. The number of nitrogens with two attached hydrogens (primary N) is 1. The standard InChI is InChI=1S/C21H21FN4O2S/c1-14-6-3-4-9-17(14)26-11-10-24-21(26)29-13-18(27)25(2)19(20(23)28)15-7-5-8-16(22)12-15/h3-12,19H,13H2,1-2H3,(H2,23,28). The van der Waals surface area contributed by atoms with E-state index in [1.807, 2.05) is 42.0 Å². The molecule has 3 aromatic rings. The predicted molar refractivity (Wildman–Crippen MR) is 110 cm³/mol. The van der Waals surface area contributed by atoms with Crippen LogP contribution in [0.5, 0.6) is 0 Å². The van der Waals surface area contributed by atoms with Gasteiger partial charge < -0.3 is 10.6 Å². The summed E-state index contributed by atoms with van der Waals surface area (Å²) in [4.78, 5) is 30.2. The maximum atomic E-state index is 13.6. The molecule has 0 radical (unpaired) electrons. The molecule has 0 saturated heterocycles. The van der Waals surface area contributed by atoms with E-state index in [9.17, 15) is 14.0 Å². The second-order valence-electron chi connectivity index (χ2n) is 6.52. The number of carbonyl (C=O) groups excluding carboxylic acids is 2. The molecule has 2 amide bonds. The monoisotopic (exact) mass is 412 g/mol. The summed E-state index contributed by atoms with van der Waals surface area (Å²) >= 11 is 1.26. The van der Waals surface area contributed by atoms with Crippen LogP contribution in [0.3, 0.4) is 0 Å². The van der Waals surface area contributed by atoms with E-state index in [1.54, 1.807) is 12.3 Å².